The zero-order valence-electron chi connectivity index (χ0n) is 13.0. The van der Waals surface area contributed by atoms with E-state index in [0.29, 0.717) is 20.7 Å². The predicted octanol–water partition coefficient (Wildman–Crippen LogP) is 4.20. The zero-order chi connectivity index (χ0) is 18.7. The molecule has 0 saturated heterocycles. The minimum atomic E-state index is -0.389. The number of amidine groups is 1. The smallest absolute Gasteiger partial charge is 0.268 e. The van der Waals surface area contributed by atoms with Crippen molar-refractivity contribution in [2.75, 3.05) is 10.6 Å². The van der Waals surface area contributed by atoms with Crippen molar-refractivity contribution < 1.29 is 13.8 Å². The van der Waals surface area contributed by atoms with Crippen LogP contribution >= 0.6 is 50.1 Å². The molecule has 0 bridgehead atoms. The van der Waals surface area contributed by atoms with Gasteiger partial charge in [0.25, 0.3) is 5.91 Å². The van der Waals surface area contributed by atoms with Gasteiger partial charge in [-0.1, -0.05) is 0 Å². The van der Waals surface area contributed by atoms with Crippen molar-refractivity contribution in [3.63, 3.8) is 0 Å². The maximum absolute atomic E-state index is 13.4. The first kappa shape index (κ1) is 18.8. The van der Waals surface area contributed by atoms with Crippen LogP contribution in [0.25, 0.3) is 0 Å². The first-order chi connectivity index (χ1) is 12.5. The fraction of sp³-hybridized carbons (Fsp3) is 0.0714. The molecule has 1 amide bonds. The molecule has 0 aliphatic carbocycles. The highest BCUT2D eigenvalue weighted by atomic mass is 127. The minimum absolute atomic E-state index is 0.104. The van der Waals surface area contributed by atoms with E-state index in [4.69, 9.17) is 4.63 Å². The van der Waals surface area contributed by atoms with Crippen LogP contribution in [0, 0.1) is 12.7 Å². The number of hydrogen-bond donors (Lipinski definition) is 2. The topological polar surface area (TPSA) is 105 Å². The third-order valence-electron chi connectivity index (χ3n) is 3.16. The fourth-order valence-corrected chi connectivity index (χ4v) is 3.37. The Morgan fingerprint density at radius 3 is 2.85 bits per heavy atom. The summed E-state index contributed by atoms with van der Waals surface area (Å²) in [4.78, 5) is 16.8. The van der Waals surface area contributed by atoms with Crippen molar-refractivity contribution in [2.24, 2.45) is 3.21 Å². The van der Waals surface area contributed by atoms with Gasteiger partial charge in [0.05, 0.1) is 38.5 Å². The van der Waals surface area contributed by atoms with Gasteiger partial charge in [-0.2, -0.15) is 3.21 Å². The molecule has 0 radical (unpaired) electrons. The Morgan fingerprint density at radius 2 is 2.19 bits per heavy atom. The molecule has 3 aromatic rings. The number of thiazole rings is 1. The molecule has 12 heteroatoms. The van der Waals surface area contributed by atoms with Crippen molar-refractivity contribution in [1.29, 1.82) is 0 Å². The van der Waals surface area contributed by atoms with Gasteiger partial charge in [0.1, 0.15) is 10.7 Å². The molecule has 26 heavy (non-hydrogen) atoms. The molecular weight excluding hydrogens is 542 g/mol. The standard InChI is InChI=1S/C14H9BrFIN6O2S/c1-6-11(26-5-18-6)14(24)20-13-10(22-25-23-13)12(21-17)19-7-2-3-9(16)8(15)4-7/h2-5H,1H3,(H,19,21)(H,20,23,24). The van der Waals surface area contributed by atoms with E-state index in [-0.39, 0.29) is 29.1 Å². The third-order valence-corrected chi connectivity index (χ3v) is 5.18. The van der Waals surface area contributed by atoms with E-state index < -0.39 is 0 Å². The Kier molecular flexibility index (Phi) is 5.93. The highest BCUT2D eigenvalue weighted by Crippen LogP contribution is 2.22. The molecule has 2 heterocycles. The summed E-state index contributed by atoms with van der Waals surface area (Å²) >= 11 is 6.10. The third kappa shape index (κ3) is 4.07. The van der Waals surface area contributed by atoms with Crippen molar-refractivity contribution in [3.05, 3.63) is 50.3 Å². The van der Waals surface area contributed by atoms with Crippen LogP contribution in [0.2, 0.25) is 0 Å². The van der Waals surface area contributed by atoms with Crippen molar-refractivity contribution in [2.45, 2.75) is 6.92 Å². The number of halogens is 3. The number of aromatic nitrogens is 3. The second kappa shape index (κ2) is 8.18. The second-order valence-electron chi connectivity index (χ2n) is 4.87. The molecule has 8 nitrogen and oxygen atoms in total. The van der Waals surface area contributed by atoms with Crippen LogP contribution in [0.15, 0.2) is 36.0 Å². The fourth-order valence-electron chi connectivity index (χ4n) is 1.94. The number of rotatable bonds is 4. The quantitative estimate of drug-likeness (QED) is 0.286. The van der Waals surface area contributed by atoms with Gasteiger partial charge >= 0.3 is 0 Å². The highest BCUT2D eigenvalue weighted by molar-refractivity contribution is 14.1. The number of anilines is 2. The van der Waals surface area contributed by atoms with E-state index in [0.717, 1.165) is 0 Å². The van der Waals surface area contributed by atoms with E-state index in [2.05, 4.69) is 45.1 Å². The Hall–Kier alpha value is -1.93. The molecule has 134 valence electrons. The van der Waals surface area contributed by atoms with E-state index in [9.17, 15) is 9.18 Å². The van der Waals surface area contributed by atoms with Crippen molar-refractivity contribution in [1.82, 2.24) is 15.3 Å². The van der Waals surface area contributed by atoms with Gasteiger partial charge in [0, 0.05) is 5.69 Å². The molecule has 0 spiro atoms. The van der Waals surface area contributed by atoms with E-state index >= 15 is 0 Å². The molecule has 0 aliphatic heterocycles. The number of nitrogens with zero attached hydrogens (tertiary/aromatic N) is 4. The summed E-state index contributed by atoms with van der Waals surface area (Å²) < 4.78 is 22.5. The largest absolute Gasteiger partial charge is 0.338 e. The minimum Gasteiger partial charge on any atom is -0.338 e. The molecular formula is C14H9BrFIN6O2S. The van der Waals surface area contributed by atoms with Gasteiger partial charge in [0.15, 0.2) is 11.5 Å². The molecule has 2 aromatic heterocycles. The summed E-state index contributed by atoms with van der Waals surface area (Å²) in [7, 11) is 0. The van der Waals surface area contributed by atoms with Crippen LogP contribution < -0.4 is 10.6 Å². The van der Waals surface area contributed by atoms with Crippen LogP contribution in [-0.2, 0) is 0 Å². The van der Waals surface area contributed by atoms with Gasteiger partial charge in [0.2, 0.25) is 5.82 Å². The lowest BCUT2D eigenvalue weighted by Crippen LogP contribution is -2.18. The maximum Gasteiger partial charge on any atom is 0.268 e. The molecule has 0 saturated carbocycles. The Balaban J connectivity index is 1.82. The number of carbonyl (C=O) groups excluding carboxylic acids is 1. The normalized spacial score (nSPS) is 11.5. The molecule has 0 atom stereocenters. The number of benzene rings is 1. The predicted molar refractivity (Wildman–Crippen MR) is 107 cm³/mol. The summed E-state index contributed by atoms with van der Waals surface area (Å²) in [5.74, 6) is -0.382. The Labute approximate surface area is 172 Å². The van der Waals surface area contributed by atoms with Gasteiger partial charge in [-0.15, -0.1) is 11.3 Å². The number of amides is 1. The lowest BCUT2D eigenvalue weighted by Gasteiger charge is -2.08. The number of nitrogens with one attached hydrogen (secondary N) is 2. The van der Waals surface area contributed by atoms with Gasteiger partial charge in [-0.25, -0.2) is 14.0 Å². The first-order valence-corrected chi connectivity index (χ1v) is 9.58. The number of hydrogen-bond acceptors (Lipinski definition) is 7. The lowest BCUT2D eigenvalue weighted by atomic mass is 10.3. The number of aryl methyl sites for hydroxylation is 1. The van der Waals surface area contributed by atoms with E-state index in [1.807, 2.05) is 0 Å². The number of carbonyl (C=O) groups is 1. The van der Waals surface area contributed by atoms with Crippen LogP contribution in [0.3, 0.4) is 0 Å². The summed E-state index contributed by atoms with van der Waals surface area (Å²) in [6, 6.07) is 4.38. The van der Waals surface area contributed by atoms with Gasteiger partial charge in [-0.3, -0.25) is 4.79 Å². The van der Waals surface area contributed by atoms with Crippen LogP contribution in [-0.4, -0.2) is 27.0 Å². The molecule has 0 unspecified atom stereocenters. The first-order valence-electron chi connectivity index (χ1n) is 6.95. The highest BCUT2D eigenvalue weighted by Gasteiger charge is 2.21. The zero-order valence-corrected chi connectivity index (χ0v) is 17.5. The maximum atomic E-state index is 13.4. The van der Waals surface area contributed by atoms with E-state index in [1.165, 1.54) is 23.5 Å². The second-order valence-corrected chi connectivity index (χ2v) is 7.06. The SMILES string of the molecule is Cc1ncsc1C(=O)Nc1nonc1/C(=N/I)Nc1ccc(F)c(Br)c1. The molecule has 3 rings (SSSR count). The summed E-state index contributed by atoms with van der Waals surface area (Å²) in [5.41, 5.74) is 2.96. The van der Waals surface area contributed by atoms with Crippen molar-refractivity contribution in [3.8, 4) is 0 Å². The molecule has 0 aliphatic rings. The average Bonchev–Trinajstić information content (AvgIpc) is 3.24. The van der Waals surface area contributed by atoms with Crippen LogP contribution in [0.1, 0.15) is 21.1 Å². The summed E-state index contributed by atoms with van der Waals surface area (Å²) in [6.45, 7) is 1.74. The van der Waals surface area contributed by atoms with Crippen molar-refractivity contribution >= 4 is 73.4 Å². The Morgan fingerprint density at radius 1 is 1.38 bits per heavy atom. The summed E-state index contributed by atoms with van der Waals surface area (Å²) in [6.07, 6.45) is 0. The molecule has 2 N–H and O–H groups in total. The molecule has 0 fully saturated rings. The Bertz CT molecular complexity index is 991. The summed E-state index contributed by atoms with van der Waals surface area (Å²) in [5, 5.41) is 13.1. The lowest BCUT2D eigenvalue weighted by molar-refractivity contribution is 0.102. The van der Waals surface area contributed by atoms with Gasteiger partial charge < -0.3 is 10.6 Å². The van der Waals surface area contributed by atoms with E-state index in [1.54, 1.807) is 41.4 Å². The average molecular weight is 551 g/mol. The van der Waals surface area contributed by atoms with Crippen LogP contribution in [0.5, 0.6) is 0 Å². The van der Waals surface area contributed by atoms with Crippen LogP contribution in [0.4, 0.5) is 15.9 Å². The molecule has 1 aromatic carbocycles. The monoisotopic (exact) mass is 550 g/mol. The van der Waals surface area contributed by atoms with Gasteiger partial charge in [-0.05, 0) is 51.4 Å².